The van der Waals surface area contributed by atoms with Crippen LogP contribution in [0.4, 0.5) is 0 Å². The van der Waals surface area contributed by atoms with E-state index in [-0.39, 0.29) is 0 Å². The molecule has 2 nitrogen and oxygen atoms in total. The van der Waals surface area contributed by atoms with Crippen LogP contribution in [0.5, 0.6) is 11.5 Å². The minimum Gasteiger partial charge on any atom is -0.423 e. The van der Waals surface area contributed by atoms with Gasteiger partial charge in [-0.15, -0.1) is 11.6 Å². The maximum absolute atomic E-state index is 5.68. The molecule has 0 aromatic heterocycles. The topological polar surface area (TPSA) is 18.5 Å². The van der Waals surface area contributed by atoms with E-state index in [9.17, 15) is 0 Å². The van der Waals surface area contributed by atoms with Crippen LogP contribution in [-0.2, 0) is 5.88 Å². The zero-order chi connectivity index (χ0) is 9.47. The number of hydrogen-bond donors (Lipinski definition) is 0. The van der Waals surface area contributed by atoms with Crippen molar-refractivity contribution in [1.29, 1.82) is 0 Å². The summed E-state index contributed by atoms with van der Waals surface area (Å²) in [5.41, 5.74) is 0.808. The molecule has 0 radical (unpaired) electrons. The number of rotatable bonds is 1. The summed E-state index contributed by atoms with van der Waals surface area (Å²) in [4.78, 5) is 0. The summed E-state index contributed by atoms with van der Waals surface area (Å²) in [5.74, 6) is 1.36. The van der Waals surface area contributed by atoms with Crippen molar-refractivity contribution in [1.82, 2.24) is 0 Å². The summed E-state index contributed by atoms with van der Waals surface area (Å²) < 4.78 is 8.61. The second kappa shape index (κ2) is 3.12. The van der Waals surface area contributed by atoms with E-state index in [1.807, 2.05) is 6.07 Å². The molecule has 0 bridgehead atoms. The molecule has 0 atom stereocenters. The Morgan fingerprint density at radius 1 is 1.23 bits per heavy atom. The number of fused-ring (bicyclic) bond motifs is 1. The third-order valence-electron chi connectivity index (χ3n) is 1.65. The van der Waals surface area contributed by atoms with Crippen LogP contribution >= 0.6 is 34.8 Å². The van der Waals surface area contributed by atoms with Gasteiger partial charge in [-0.05, 0) is 29.3 Å². The van der Waals surface area contributed by atoms with Gasteiger partial charge in [0.15, 0.2) is 11.5 Å². The Bertz CT molecular complexity index is 338. The number of benzene rings is 1. The smallest absolute Gasteiger partial charge is 0.419 e. The Balaban J connectivity index is 2.45. The second-order valence-corrected chi connectivity index (χ2v) is 4.00. The lowest BCUT2D eigenvalue weighted by atomic mass is 10.2. The largest absolute Gasteiger partial charge is 0.423 e. The van der Waals surface area contributed by atoms with E-state index >= 15 is 0 Å². The van der Waals surface area contributed by atoms with Gasteiger partial charge in [-0.2, -0.15) is 0 Å². The summed E-state index contributed by atoms with van der Waals surface area (Å²) in [6, 6.07) is 5.34. The van der Waals surface area contributed by atoms with Gasteiger partial charge < -0.3 is 9.47 Å². The highest BCUT2D eigenvalue weighted by atomic mass is 35.5. The highest BCUT2D eigenvalue weighted by molar-refractivity contribution is 6.46. The molecule has 0 saturated heterocycles. The zero-order valence-electron chi connectivity index (χ0n) is 6.39. The quantitative estimate of drug-likeness (QED) is 0.700. The van der Waals surface area contributed by atoms with Gasteiger partial charge in [-0.25, -0.2) is 0 Å². The first-order valence-electron chi connectivity index (χ1n) is 3.56. The molecule has 1 aliphatic rings. The highest BCUT2D eigenvalue weighted by Crippen LogP contribution is 2.45. The molecule has 2 rings (SSSR count). The van der Waals surface area contributed by atoms with Gasteiger partial charge >= 0.3 is 4.71 Å². The Labute approximate surface area is 90.3 Å². The molecule has 1 aliphatic heterocycles. The summed E-state index contributed by atoms with van der Waals surface area (Å²) in [6.45, 7) is 0. The molecule has 70 valence electrons. The Kier molecular flexibility index (Phi) is 2.22. The van der Waals surface area contributed by atoms with Crippen LogP contribution in [0.25, 0.3) is 0 Å². The molecule has 13 heavy (non-hydrogen) atoms. The number of ether oxygens (including phenoxy) is 2. The Morgan fingerprint density at radius 2 is 2.00 bits per heavy atom. The first-order chi connectivity index (χ1) is 6.12. The number of alkyl halides is 3. The molecule has 0 aliphatic carbocycles. The van der Waals surface area contributed by atoms with Gasteiger partial charge in [0.1, 0.15) is 0 Å². The fraction of sp³-hybridized carbons (Fsp3) is 0.250. The predicted molar refractivity (Wildman–Crippen MR) is 51.7 cm³/mol. The van der Waals surface area contributed by atoms with Gasteiger partial charge in [-0.3, -0.25) is 0 Å². The maximum Gasteiger partial charge on any atom is 0.419 e. The number of para-hydroxylation sites is 1. The summed E-state index contributed by atoms with van der Waals surface area (Å²) >= 11 is 17.0. The van der Waals surface area contributed by atoms with Gasteiger partial charge in [-0.1, -0.05) is 12.1 Å². The van der Waals surface area contributed by atoms with Gasteiger partial charge in [0.2, 0.25) is 0 Å². The lowest BCUT2D eigenvalue weighted by Crippen LogP contribution is -2.23. The minimum absolute atomic E-state index is 0.330. The van der Waals surface area contributed by atoms with E-state index < -0.39 is 4.71 Å². The first kappa shape index (κ1) is 9.25. The minimum atomic E-state index is -1.62. The van der Waals surface area contributed by atoms with Crippen molar-refractivity contribution in [3.8, 4) is 11.5 Å². The third kappa shape index (κ3) is 1.66. The van der Waals surface area contributed by atoms with E-state index in [0.29, 0.717) is 17.4 Å². The van der Waals surface area contributed by atoms with E-state index in [4.69, 9.17) is 44.3 Å². The molecule has 0 unspecified atom stereocenters. The fourth-order valence-corrected chi connectivity index (χ4v) is 1.66. The van der Waals surface area contributed by atoms with E-state index in [1.54, 1.807) is 12.1 Å². The fourth-order valence-electron chi connectivity index (χ4n) is 1.13. The van der Waals surface area contributed by atoms with Crippen molar-refractivity contribution >= 4 is 34.8 Å². The van der Waals surface area contributed by atoms with Crippen molar-refractivity contribution in [3.05, 3.63) is 23.8 Å². The summed E-state index contributed by atoms with van der Waals surface area (Å²) in [6.07, 6.45) is 0. The first-order valence-corrected chi connectivity index (χ1v) is 4.85. The molecular formula is C8H5Cl3O2. The Morgan fingerprint density at radius 3 is 2.69 bits per heavy atom. The normalized spacial score (nSPS) is 17.5. The standard InChI is InChI=1S/C8H5Cl3O2/c9-4-5-2-1-3-6-7(5)13-8(10,11)12-6/h1-3H,4H2. The Hall–Kier alpha value is -0.310. The average Bonchev–Trinajstić information content (AvgIpc) is 2.37. The molecule has 0 fully saturated rings. The highest BCUT2D eigenvalue weighted by Gasteiger charge is 2.38. The average molecular weight is 239 g/mol. The van der Waals surface area contributed by atoms with Crippen LogP contribution in [0, 0.1) is 0 Å². The van der Waals surface area contributed by atoms with E-state index in [2.05, 4.69) is 0 Å². The van der Waals surface area contributed by atoms with Gasteiger partial charge in [0.25, 0.3) is 0 Å². The second-order valence-electron chi connectivity index (χ2n) is 2.55. The SMILES string of the molecule is ClCc1cccc2c1OC(Cl)(Cl)O2. The van der Waals surface area contributed by atoms with Crippen LogP contribution in [0.2, 0.25) is 0 Å². The van der Waals surface area contributed by atoms with Crippen molar-refractivity contribution in [2.75, 3.05) is 0 Å². The molecule has 1 aromatic rings. The molecular weight excluding hydrogens is 234 g/mol. The number of hydrogen-bond acceptors (Lipinski definition) is 2. The van der Waals surface area contributed by atoms with Crippen LogP contribution in [0.15, 0.2) is 18.2 Å². The third-order valence-corrected chi connectivity index (χ3v) is 2.25. The van der Waals surface area contributed by atoms with Crippen LogP contribution in [-0.4, -0.2) is 4.71 Å². The monoisotopic (exact) mass is 238 g/mol. The van der Waals surface area contributed by atoms with Crippen molar-refractivity contribution in [2.24, 2.45) is 0 Å². The van der Waals surface area contributed by atoms with Gasteiger partial charge in [0.05, 0.1) is 5.88 Å². The van der Waals surface area contributed by atoms with Crippen molar-refractivity contribution < 1.29 is 9.47 Å². The molecule has 1 aromatic carbocycles. The maximum atomic E-state index is 5.68. The number of halogens is 3. The van der Waals surface area contributed by atoms with Crippen LogP contribution in [0.3, 0.4) is 0 Å². The molecule has 1 heterocycles. The van der Waals surface area contributed by atoms with Crippen LogP contribution in [0.1, 0.15) is 5.56 Å². The van der Waals surface area contributed by atoms with E-state index in [1.165, 1.54) is 0 Å². The molecule has 0 N–H and O–H groups in total. The van der Waals surface area contributed by atoms with E-state index in [0.717, 1.165) is 5.56 Å². The van der Waals surface area contributed by atoms with Crippen molar-refractivity contribution in [2.45, 2.75) is 10.6 Å². The molecule has 0 spiro atoms. The summed E-state index contributed by atoms with van der Waals surface area (Å²) in [5, 5.41) is 0. The lowest BCUT2D eigenvalue weighted by molar-refractivity contribution is 0.0845. The molecule has 0 saturated carbocycles. The van der Waals surface area contributed by atoms with Gasteiger partial charge in [0, 0.05) is 5.56 Å². The molecule has 5 heteroatoms. The lowest BCUT2D eigenvalue weighted by Gasteiger charge is -2.09. The predicted octanol–water partition coefficient (Wildman–Crippen LogP) is 3.29. The summed E-state index contributed by atoms with van der Waals surface area (Å²) in [7, 11) is 0. The zero-order valence-corrected chi connectivity index (χ0v) is 8.66. The van der Waals surface area contributed by atoms with Crippen molar-refractivity contribution in [3.63, 3.8) is 0 Å². The molecule has 0 amide bonds. The van der Waals surface area contributed by atoms with Crippen LogP contribution < -0.4 is 9.47 Å².